The molecule has 1 amide bonds. The van der Waals surface area contributed by atoms with Gasteiger partial charge in [-0.15, -0.1) is 0 Å². The maximum absolute atomic E-state index is 12.5. The molecule has 0 saturated carbocycles. The highest BCUT2D eigenvalue weighted by Crippen LogP contribution is 2.35. The predicted molar refractivity (Wildman–Crippen MR) is 104 cm³/mol. The van der Waals surface area contributed by atoms with Gasteiger partial charge in [0.2, 0.25) is 0 Å². The van der Waals surface area contributed by atoms with Gasteiger partial charge >= 0.3 is 0 Å². The van der Waals surface area contributed by atoms with Crippen molar-refractivity contribution in [2.75, 3.05) is 24.6 Å². The molecule has 4 heterocycles. The summed E-state index contributed by atoms with van der Waals surface area (Å²) in [7, 11) is 0. The fourth-order valence-corrected chi connectivity index (χ4v) is 3.23. The quantitative estimate of drug-likeness (QED) is 0.698. The maximum Gasteiger partial charge on any atom is 0.255 e. The third-order valence-corrected chi connectivity index (χ3v) is 4.55. The van der Waals surface area contributed by atoms with Gasteiger partial charge in [0.15, 0.2) is 5.82 Å². The average Bonchev–Trinajstić information content (AvgIpc) is 3.15. The van der Waals surface area contributed by atoms with Gasteiger partial charge in [-0.25, -0.2) is 15.0 Å². The number of aliphatic hydroxyl groups excluding tert-OH is 1. The number of nitrogens with one attached hydrogen (secondary N) is 1. The zero-order valence-corrected chi connectivity index (χ0v) is 15.5. The molecule has 3 aromatic rings. The van der Waals surface area contributed by atoms with Gasteiger partial charge in [0.1, 0.15) is 11.5 Å². The molecule has 3 aromatic heterocycles. The number of aromatic nitrogens is 4. The first-order valence-electron chi connectivity index (χ1n) is 9.08. The van der Waals surface area contributed by atoms with Crippen molar-refractivity contribution in [3.8, 4) is 11.5 Å². The number of nitrogens with zero attached hydrogens (tertiary/aromatic N) is 5. The van der Waals surface area contributed by atoms with Crippen molar-refractivity contribution in [3.63, 3.8) is 0 Å². The molecule has 0 fully saturated rings. The molecule has 0 saturated heterocycles. The minimum Gasteiger partial charge on any atom is -0.395 e. The lowest BCUT2D eigenvalue weighted by Crippen LogP contribution is -2.28. The first-order valence-corrected chi connectivity index (χ1v) is 9.08. The second-order valence-electron chi connectivity index (χ2n) is 6.48. The second-order valence-corrected chi connectivity index (χ2v) is 6.48. The van der Waals surface area contributed by atoms with Crippen molar-refractivity contribution in [1.29, 1.82) is 0 Å². The minimum absolute atomic E-state index is 0.117. The van der Waals surface area contributed by atoms with Crippen molar-refractivity contribution >= 4 is 17.4 Å². The summed E-state index contributed by atoms with van der Waals surface area (Å²) >= 11 is 0. The third kappa shape index (κ3) is 3.41. The number of rotatable bonds is 5. The summed E-state index contributed by atoms with van der Waals surface area (Å²) in [6, 6.07) is 7.54. The van der Waals surface area contributed by atoms with Gasteiger partial charge in [0.05, 0.1) is 17.9 Å². The molecule has 0 unspecified atom stereocenters. The number of amides is 1. The Bertz CT molecular complexity index is 1020. The molecule has 28 heavy (non-hydrogen) atoms. The predicted octanol–water partition coefficient (Wildman–Crippen LogP) is 1.66. The summed E-state index contributed by atoms with van der Waals surface area (Å²) in [6.07, 6.45) is 5.80. The van der Waals surface area contributed by atoms with E-state index in [-0.39, 0.29) is 19.1 Å². The summed E-state index contributed by atoms with van der Waals surface area (Å²) in [5.41, 5.74) is 3.80. The van der Waals surface area contributed by atoms with Gasteiger partial charge in [-0.2, -0.15) is 0 Å². The summed E-state index contributed by atoms with van der Waals surface area (Å²) in [5, 5.41) is 11.6. The molecule has 8 nitrogen and oxygen atoms in total. The summed E-state index contributed by atoms with van der Waals surface area (Å²) in [6.45, 7) is 2.69. The summed E-state index contributed by atoms with van der Waals surface area (Å²) < 4.78 is 0. The zero-order valence-electron chi connectivity index (χ0n) is 15.5. The smallest absolute Gasteiger partial charge is 0.255 e. The number of carbonyl (C=O) groups is 1. The van der Waals surface area contributed by atoms with Crippen LogP contribution in [-0.4, -0.2) is 50.6 Å². The highest BCUT2D eigenvalue weighted by atomic mass is 16.3. The van der Waals surface area contributed by atoms with Crippen molar-refractivity contribution in [3.05, 3.63) is 59.7 Å². The Morgan fingerprint density at radius 2 is 2.14 bits per heavy atom. The van der Waals surface area contributed by atoms with Crippen molar-refractivity contribution in [1.82, 2.24) is 25.3 Å². The largest absolute Gasteiger partial charge is 0.395 e. The molecule has 1 aliphatic rings. The molecule has 0 radical (unpaired) electrons. The highest BCUT2D eigenvalue weighted by Gasteiger charge is 2.27. The van der Waals surface area contributed by atoms with Gasteiger partial charge in [-0.1, -0.05) is 6.07 Å². The van der Waals surface area contributed by atoms with Gasteiger partial charge < -0.3 is 15.3 Å². The summed E-state index contributed by atoms with van der Waals surface area (Å²) in [5.74, 6) is 1.05. The number of hydrogen-bond donors (Lipinski definition) is 2. The number of carbonyl (C=O) groups excluding carboxylic acids is 1. The number of aliphatic hydroxyl groups is 1. The van der Waals surface area contributed by atoms with Crippen molar-refractivity contribution in [2.45, 2.75) is 13.3 Å². The Morgan fingerprint density at radius 3 is 2.96 bits per heavy atom. The Hall–Kier alpha value is -3.39. The SMILES string of the molecule is Cc1cccc(-c2ncc3c(n2)N(c2ccncc2C(=O)NCCO)CC3)n1. The molecular weight excluding hydrogens is 356 g/mol. The van der Waals surface area contributed by atoms with Crippen LogP contribution >= 0.6 is 0 Å². The second kappa shape index (κ2) is 7.69. The average molecular weight is 376 g/mol. The van der Waals surface area contributed by atoms with E-state index in [9.17, 15) is 4.79 Å². The monoisotopic (exact) mass is 376 g/mol. The van der Waals surface area contributed by atoms with Crippen LogP contribution in [0.2, 0.25) is 0 Å². The van der Waals surface area contributed by atoms with Gasteiger partial charge in [0, 0.05) is 42.9 Å². The molecule has 1 aliphatic heterocycles. The minimum atomic E-state index is -0.278. The lowest BCUT2D eigenvalue weighted by molar-refractivity contribution is 0.0945. The number of fused-ring (bicyclic) bond motifs is 1. The van der Waals surface area contributed by atoms with Gasteiger partial charge in [-0.3, -0.25) is 9.78 Å². The van der Waals surface area contributed by atoms with E-state index >= 15 is 0 Å². The Morgan fingerprint density at radius 1 is 1.25 bits per heavy atom. The van der Waals surface area contributed by atoms with E-state index in [4.69, 9.17) is 10.1 Å². The molecule has 0 bridgehead atoms. The van der Waals surface area contributed by atoms with Crippen LogP contribution in [0.25, 0.3) is 11.5 Å². The molecule has 4 rings (SSSR count). The number of aryl methyl sites for hydroxylation is 1. The summed E-state index contributed by atoms with van der Waals surface area (Å²) in [4.78, 5) is 32.3. The van der Waals surface area contributed by atoms with E-state index in [1.54, 1.807) is 12.3 Å². The maximum atomic E-state index is 12.5. The standard InChI is InChI=1S/C20H20N6O2/c1-13-3-2-4-16(24-13)18-23-11-14-6-9-26(19(14)25-18)17-5-7-21-12-15(17)20(28)22-8-10-27/h2-5,7,11-12,27H,6,8-10H2,1H3,(H,22,28). The van der Waals surface area contributed by atoms with E-state index in [2.05, 4.69) is 20.3 Å². The lowest BCUT2D eigenvalue weighted by atomic mass is 10.2. The molecule has 0 atom stereocenters. The van der Waals surface area contributed by atoms with E-state index in [0.717, 1.165) is 29.2 Å². The van der Waals surface area contributed by atoms with Crippen molar-refractivity contribution < 1.29 is 9.90 Å². The molecular formula is C20H20N6O2. The van der Waals surface area contributed by atoms with Crippen LogP contribution in [0.15, 0.2) is 42.9 Å². The van der Waals surface area contributed by atoms with Crippen LogP contribution < -0.4 is 10.2 Å². The lowest BCUT2D eigenvalue weighted by Gasteiger charge is -2.21. The van der Waals surface area contributed by atoms with Gasteiger partial charge in [0.25, 0.3) is 5.91 Å². The van der Waals surface area contributed by atoms with Crippen LogP contribution in [0.5, 0.6) is 0 Å². The topological polar surface area (TPSA) is 104 Å². The molecule has 0 aromatic carbocycles. The molecule has 142 valence electrons. The van der Waals surface area contributed by atoms with Crippen LogP contribution in [0.4, 0.5) is 11.5 Å². The van der Waals surface area contributed by atoms with E-state index < -0.39 is 0 Å². The molecule has 2 N–H and O–H groups in total. The third-order valence-electron chi connectivity index (χ3n) is 4.55. The Balaban J connectivity index is 1.72. The Kier molecular flexibility index (Phi) is 4.94. The van der Waals surface area contributed by atoms with E-state index in [0.29, 0.717) is 23.6 Å². The van der Waals surface area contributed by atoms with Crippen LogP contribution in [-0.2, 0) is 6.42 Å². The highest BCUT2D eigenvalue weighted by molar-refractivity contribution is 6.00. The normalized spacial score (nSPS) is 12.7. The fraction of sp³-hybridized carbons (Fsp3) is 0.250. The van der Waals surface area contributed by atoms with Crippen LogP contribution in [0.1, 0.15) is 21.6 Å². The van der Waals surface area contributed by atoms with E-state index in [1.165, 1.54) is 6.20 Å². The Labute approximate surface area is 162 Å². The molecule has 0 spiro atoms. The van der Waals surface area contributed by atoms with E-state index in [1.807, 2.05) is 36.2 Å². The molecule has 0 aliphatic carbocycles. The zero-order chi connectivity index (χ0) is 19.5. The van der Waals surface area contributed by atoms with Crippen molar-refractivity contribution in [2.24, 2.45) is 0 Å². The van der Waals surface area contributed by atoms with Crippen LogP contribution in [0, 0.1) is 6.92 Å². The number of pyridine rings is 2. The number of anilines is 2. The van der Waals surface area contributed by atoms with Gasteiger partial charge in [-0.05, 0) is 31.5 Å². The first kappa shape index (κ1) is 18.0. The fourth-order valence-electron chi connectivity index (χ4n) is 3.23. The first-order chi connectivity index (χ1) is 13.7. The molecule has 8 heteroatoms. The van der Waals surface area contributed by atoms with Crippen LogP contribution in [0.3, 0.4) is 0 Å². The number of hydrogen-bond acceptors (Lipinski definition) is 7.